The van der Waals surface area contributed by atoms with Crippen molar-refractivity contribution in [2.75, 3.05) is 31.3 Å². The first kappa shape index (κ1) is 29.3. The lowest BCUT2D eigenvalue weighted by atomic mass is 9.91. The number of carbonyl (C=O) groups excluding carboxylic acids is 2. The Bertz CT molecular complexity index is 1540. The van der Waals surface area contributed by atoms with E-state index in [-0.39, 0.29) is 36.7 Å². The summed E-state index contributed by atoms with van der Waals surface area (Å²) in [7, 11) is 3.21. The summed E-state index contributed by atoms with van der Waals surface area (Å²) in [6, 6.07) is 15.5. The summed E-state index contributed by atoms with van der Waals surface area (Å²) in [6.07, 6.45) is 7.07. The van der Waals surface area contributed by atoms with Gasteiger partial charge in [-0.05, 0) is 70.0 Å². The average molecular weight is 590 g/mol. The summed E-state index contributed by atoms with van der Waals surface area (Å²) >= 11 is 6.50. The zero-order valence-corrected chi connectivity index (χ0v) is 24.7. The van der Waals surface area contributed by atoms with Crippen LogP contribution in [0.4, 0.5) is 11.6 Å². The molecule has 2 heterocycles. The number of methoxy groups -OCH3 is 1. The van der Waals surface area contributed by atoms with Gasteiger partial charge in [0.05, 0.1) is 36.7 Å². The number of ether oxygens (including phenoxy) is 1. The van der Waals surface area contributed by atoms with Crippen LogP contribution in [0.15, 0.2) is 60.9 Å². The highest BCUT2D eigenvalue weighted by molar-refractivity contribution is 6.33. The largest absolute Gasteiger partial charge is 0.468 e. The van der Waals surface area contributed by atoms with Crippen LogP contribution in [-0.2, 0) is 9.53 Å². The lowest BCUT2D eigenvalue weighted by Crippen LogP contribution is -2.42. The molecule has 2 aromatic heterocycles. The van der Waals surface area contributed by atoms with E-state index in [4.69, 9.17) is 21.3 Å². The van der Waals surface area contributed by atoms with Crippen molar-refractivity contribution in [3.63, 3.8) is 0 Å². The van der Waals surface area contributed by atoms with Gasteiger partial charge in [-0.3, -0.25) is 14.5 Å². The van der Waals surface area contributed by atoms with Gasteiger partial charge in [0.2, 0.25) is 5.95 Å². The summed E-state index contributed by atoms with van der Waals surface area (Å²) in [6.45, 7) is 2.13. The summed E-state index contributed by atoms with van der Waals surface area (Å²) in [5, 5.41) is 11.5. The second-order valence-corrected chi connectivity index (χ2v) is 11.1. The van der Waals surface area contributed by atoms with Gasteiger partial charge in [0, 0.05) is 46.0 Å². The second kappa shape index (κ2) is 13.2. The van der Waals surface area contributed by atoms with Crippen LogP contribution >= 0.6 is 11.6 Å². The number of aromatic amines is 1. The van der Waals surface area contributed by atoms with E-state index in [9.17, 15) is 9.59 Å². The number of esters is 1. The molecule has 0 bridgehead atoms. The first-order chi connectivity index (χ1) is 20.3. The lowest BCUT2D eigenvalue weighted by molar-refractivity contribution is -0.141. The predicted molar refractivity (Wildman–Crippen MR) is 166 cm³/mol. The number of benzene rings is 2. The molecule has 1 fully saturated rings. The molecule has 220 valence electrons. The van der Waals surface area contributed by atoms with Gasteiger partial charge in [0.25, 0.3) is 5.91 Å². The second-order valence-electron chi connectivity index (χ2n) is 10.7. The molecule has 0 spiro atoms. The van der Waals surface area contributed by atoms with Crippen LogP contribution in [0.25, 0.3) is 22.2 Å². The lowest BCUT2D eigenvalue weighted by Gasteiger charge is -2.30. The van der Waals surface area contributed by atoms with E-state index < -0.39 is 0 Å². The van der Waals surface area contributed by atoms with E-state index in [0.717, 1.165) is 47.8 Å². The van der Waals surface area contributed by atoms with Crippen molar-refractivity contribution >= 4 is 46.0 Å². The molecule has 4 N–H and O–H groups in total. The van der Waals surface area contributed by atoms with Gasteiger partial charge in [0.15, 0.2) is 0 Å². The van der Waals surface area contributed by atoms with Crippen LogP contribution in [-0.4, -0.2) is 70.7 Å². The molecule has 0 saturated heterocycles. The van der Waals surface area contributed by atoms with Crippen LogP contribution in [0.1, 0.15) is 43.0 Å². The minimum Gasteiger partial charge on any atom is -0.468 e. The van der Waals surface area contributed by atoms with E-state index in [2.05, 4.69) is 25.9 Å². The Hall–Kier alpha value is -4.15. The van der Waals surface area contributed by atoms with Gasteiger partial charge < -0.3 is 25.7 Å². The molecule has 0 radical (unpaired) electrons. The third-order valence-corrected chi connectivity index (χ3v) is 8.00. The minimum atomic E-state index is -0.297. The summed E-state index contributed by atoms with van der Waals surface area (Å²) < 4.78 is 4.73. The number of hydrogen-bond acceptors (Lipinski definition) is 8. The molecule has 1 amide bonds. The Labute approximate surface area is 250 Å². The third-order valence-electron chi connectivity index (χ3n) is 7.72. The summed E-state index contributed by atoms with van der Waals surface area (Å²) in [4.78, 5) is 38.9. The van der Waals surface area contributed by atoms with Crippen LogP contribution < -0.4 is 16.0 Å². The smallest absolute Gasteiger partial charge is 0.319 e. The Balaban J connectivity index is 1.17. The molecule has 11 heteroatoms. The van der Waals surface area contributed by atoms with Crippen molar-refractivity contribution < 1.29 is 14.3 Å². The number of halogens is 1. The van der Waals surface area contributed by atoms with Crippen LogP contribution in [0, 0.1) is 0 Å². The highest BCUT2D eigenvalue weighted by atomic mass is 35.5. The Kier molecular flexibility index (Phi) is 9.24. The molecule has 2 aromatic carbocycles. The van der Waals surface area contributed by atoms with Gasteiger partial charge in [-0.2, -0.15) is 0 Å². The maximum atomic E-state index is 13.0. The molecule has 5 rings (SSSR count). The van der Waals surface area contributed by atoms with Gasteiger partial charge >= 0.3 is 5.97 Å². The third kappa shape index (κ3) is 7.00. The van der Waals surface area contributed by atoms with E-state index >= 15 is 0 Å². The normalized spacial score (nSPS) is 17.5. The van der Waals surface area contributed by atoms with Gasteiger partial charge in [-0.25, -0.2) is 9.97 Å². The minimum absolute atomic E-state index is 0.0360. The highest BCUT2D eigenvalue weighted by Crippen LogP contribution is 2.32. The number of nitrogens with one attached hydrogen (secondary N) is 4. The number of rotatable bonds is 10. The molecule has 42 heavy (non-hydrogen) atoms. The number of fused-ring (bicyclic) bond motifs is 1. The molecule has 1 aliphatic rings. The first-order valence-corrected chi connectivity index (χ1v) is 14.5. The maximum absolute atomic E-state index is 13.0. The molecule has 1 aliphatic carbocycles. The quantitative estimate of drug-likeness (QED) is 0.145. The fourth-order valence-corrected chi connectivity index (χ4v) is 5.46. The predicted octanol–water partition coefficient (Wildman–Crippen LogP) is 5.29. The summed E-state index contributed by atoms with van der Waals surface area (Å²) in [5.41, 5.74) is 4.07. The topological polar surface area (TPSA) is 124 Å². The summed E-state index contributed by atoms with van der Waals surface area (Å²) in [5.74, 6) is 0.118. The number of H-pyrrole nitrogens is 1. The van der Waals surface area contributed by atoms with E-state index in [0.29, 0.717) is 22.2 Å². The van der Waals surface area contributed by atoms with E-state index in [1.54, 1.807) is 18.3 Å². The number of carbonyl (C=O) groups is 2. The number of hydrogen-bond donors (Lipinski definition) is 4. The molecule has 10 nitrogen and oxygen atoms in total. The highest BCUT2D eigenvalue weighted by Gasteiger charge is 2.25. The zero-order chi connectivity index (χ0) is 29.6. The van der Waals surface area contributed by atoms with Gasteiger partial charge in [0.1, 0.15) is 0 Å². The van der Waals surface area contributed by atoms with Crippen LogP contribution in [0.5, 0.6) is 0 Å². The Morgan fingerprint density at radius 1 is 1.14 bits per heavy atom. The number of aromatic nitrogens is 3. The molecule has 1 unspecified atom stereocenters. The van der Waals surface area contributed by atoms with Crippen molar-refractivity contribution in [3.8, 4) is 11.3 Å². The standard InChI is InChI=1S/C31H36ClN7O3/c1-19(39(2)18-28(40)42-3)35-21-13-11-20(12-14-21)30(41)36-22-7-6-8-23(15-22)37-31-34-17-26(32)29(38-31)25-16-33-27-10-5-4-9-24(25)27/h4-5,9-14,16-17,19,22-23,33,35H,6-8,15,18H2,1-3H3,(H,36,41)(H,34,37,38)/t19?,22-,23+/m0/s1. The van der Waals surface area contributed by atoms with E-state index in [1.807, 2.05) is 61.5 Å². The monoisotopic (exact) mass is 589 g/mol. The molecule has 0 aliphatic heterocycles. The maximum Gasteiger partial charge on any atom is 0.319 e. The Morgan fingerprint density at radius 3 is 2.69 bits per heavy atom. The van der Waals surface area contributed by atoms with Crippen molar-refractivity contribution in [2.45, 2.75) is 50.9 Å². The van der Waals surface area contributed by atoms with E-state index in [1.165, 1.54) is 7.11 Å². The van der Waals surface area contributed by atoms with Gasteiger partial charge in [-0.1, -0.05) is 29.8 Å². The first-order valence-electron chi connectivity index (χ1n) is 14.1. The van der Waals surface area contributed by atoms with Gasteiger partial charge in [-0.15, -0.1) is 0 Å². The van der Waals surface area contributed by atoms with Crippen molar-refractivity contribution in [2.24, 2.45) is 0 Å². The fourth-order valence-electron chi connectivity index (χ4n) is 5.27. The zero-order valence-electron chi connectivity index (χ0n) is 24.0. The number of amides is 1. The SMILES string of the molecule is COC(=O)CN(C)C(C)Nc1ccc(C(=O)N[C@H]2CCC[C@@H](Nc3ncc(Cl)c(-c4c[nH]c5ccccc45)n3)C2)cc1. The van der Waals surface area contributed by atoms with Crippen LogP contribution in [0.3, 0.4) is 0 Å². The number of nitrogens with zero attached hydrogens (tertiary/aromatic N) is 3. The number of likely N-dealkylation sites (N-methyl/N-ethyl adjacent to an activating group) is 1. The molecular weight excluding hydrogens is 554 g/mol. The molecule has 4 aromatic rings. The molecule has 1 saturated carbocycles. The van der Waals surface area contributed by atoms with Crippen molar-refractivity contribution in [1.29, 1.82) is 0 Å². The molecule has 3 atom stereocenters. The van der Waals surface area contributed by atoms with Crippen molar-refractivity contribution in [3.05, 3.63) is 71.5 Å². The van der Waals surface area contributed by atoms with Crippen molar-refractivity contribution in [1.82, 2.24) is 25.2 Å². The average Bonchev–Trinajstić information content (AvgIpc) is 3.42. The Morgan fingerprint density at radius 2 is 1.90 bits per heavy atom. The number of para-hydroxylation sites is 1. The van der Waals surface area contributed by atoms with Crippen LogP contribution in [0.2, 0.25) is 5.02 Å². The molecular formula is C31H36ClN7O3. The number of anilines is 2. The fraction of sp³-hybridized carbons (Fsp3) is 0.355.